The van der Waals surface area contributed by atoms with E-state index in [0.717, 1.165) is 17.4 Å². The number of benzene rings is 2. The van der Waals surface area contributed by atoms with Gasteiger partial charge >= 0.3 is 6.18 Å². The van der Waals surface area contributed by atoms with Gasteiger partial charge in [0.05, 0.1) is 12.7 Å². The van der Waals surface area contributed by atoms with E-state index in [2.05, 4.69) is 0 Å². The molecule has 5 nitrogen and oxygen atoms in total. The molecule has 2 aromatic rings. The third-order valence-electron chi connectivity index (χ3n) is 6.41. The Hall–Kier alpha value is -2.58. The van der Waals surface area contributed by atoms with Gasteiger partial charge in [0.2, 0.25) is 5.91 Å². The molecule has 1 aliphatic heterocycles. The van der Waals surface area contributed by atoms with Crippen molar-refractivity contribution < 1.29 is 27.4 Å². The molecule has 0 N–H and O–H groups in total. The second-order valence-corrected chi connectivity index (χ2v) is 9.03. The van der Waals surface area contributed by atoms with E-state index in [0.29, 0.717) is 19.6 Å². The van der Waals surface area contributed by atoms with Gasteiger partial charge in [0, 0.05) is 45.2 Å². The normalized spacial score (nSPS) is 18.9. The van der Waals surface area contributed by atoms with E-state index in [1.54, 1.807) is 18.1 Å². The molecule has 34 heavy (non-hydrogen) atoms. The number of amides is 1. The highest BCUT2D eigenvalue weighted by Gasteiger charge is 2.39. The fourth-order valence-corrected chi connectivity index (χ4v) is 4.84. The lowest BCUT2D eigenvalue weighted by Crippen LogP contribution is -2.43. The molecule has 1 heterocycles. The first-order chi connectivity index (χ1) is 16.2. The Balaban J connectivity index is 1.91. The minimum Gasteiger partial charge on any atom is -0.496 e. The van der Waals surface area contributed by atoms with Gasteiger partial charge < -0.3 is 14.4 Å². The highest BCUT2D eigenvalue weighted by molar-refractivity contribution is 5.77. The third kappa shape index (κ3) is 6.10. The lowest BCUT2D eigenvalue weighted by atomic mass is 9.87. The molecule has 0 bridgehead atoms. The van der Waals surface area contributed by atoms with Crippen LogP contribution in [0.5, 0.6) is 5.75 Å². The molecule has 2 atom stereocenters. The molecular weight excluding hydrogens is 445 g/mol. The number of halogens is 3. The molecule has 1 aliphatic rings. The summed E-state index contributed by atoms with van der Waals surface area (Å²) in [5.41, 5.74) is 0.654. The molecule has 3 rings (SSSR count). The van der Waals surface area contributed by atoms with Crippen molar-refractivity contribution in [3.63, 3.8) is 0 Å². The average Bonchev–Trinajstić information content (AvgIpc) is 3.19. The minimum absolute atomic E-state index is 0.00536. The number of hydrogen-bond acceptors (Lipinski definition) is 4. The van der Waals surface area contributed by atoms with Crippen LogP contribution in [0.2, 0.25) is 0 Å². The maximum absolute atomic E-state index is 13.6. The summed E-state index contributed by atoms with van der Waals surface area (Å²) in [5, 5.41) is 0. The van der Waals surface area contributed by atoms with Crippen LogP contribution in [0, 0.1) is 5.92 Å². The number of rotatable bonds is 9. The lowest BCUT2D eigenvalue weighted by molar-refractivity contribution is -0.139. The second-order valence-electron chi connectivity index (χ2n) is 9.03. The Morgan fingerprint density at radius 2 is 1.76 bits per heavy atom. The van der Waals surface area contributed by atoms with E-state index in [1.165, 1.54) is 19.2 Å². The summed E-state index contributed by atoms with van der Waals surface area (Å²) in [6.07, 6.45) is -4.40. The van der Waals surface area contributed by atoms with Crippen molar-refractivity contribution in [2.75, 3.05) is 40.5 Å². The van der Waals surface area contributed by atoms with E-state index in [9.17, 15) is 18.0 Å². The molecule has 1 amide bonds. The number of para-hydroxylation sites is 1. The van der Waals surface area contributed by atoms with Gasteiger partial charge in [-0.15, -0.1) is 0 Å². The van der Waals surface area contributed by atoms with Crippen molar-refractivity contribution in [1.82, 2.24) is 9.80 Å². The summed E-state index contributed by atoms with van der Waals surface area (Å²) in [6.45, 7) is 5.72. The summed E-state index contributed by atoms with van der Waals surface area (Å²) in [4.78, 5) is 16.5. The number of nitrogens with zero attached hydrogens (tertiary/aromatic N) is 2. The molecule has 0 spiro atoms. The van der Waals surface area contributed by atoms with E-state index in [1.807, 2.05) is 43.0 Å². The van der Waals surface area contributed by atoms with Crippen molar-refractivity contribution in [3.8, 4) is 5.75 Å². The molecule has 0 saturated carbocycles. The summed E-state index contributed by atoms with van der Waals surface area (Å²) >= 11 is 0. The van der Waals surface area contributed by atoms with Crippen molar-refractivity contribution in [1.29, 1.82) is 0 Å². The number of carbonyl (C=O) groups is 1. The Morgan fingerprint density at radius 3 is 2.41 bits per heavy atom. The maximum atomic E-state index is 13.6. The number of carbonyl (C=O) groups excluding carboxylic acids is 1. The Labute approximate surface area is 199 Å². The highest BCUT2D eigenvalue weighted by Crippen LogP contribution is 2.40. The van der Waals surface area contributed by atoms with Crippen LogP contribution in [0.25, 0.3) is 0 Å². The zero-order chi connectivity index (χ0) is 24.9. The molecule has 1 fully saturated rings. The Morgan fingerprint density at radius 1 is 1.09 bits per heavy atom. The number of hydrogen-bond donors (Lipinski definition) is 0. The van der Waals surface area contributed by atoms with Gasteiger partial charge in [-0.2, -0.15) is 13.2 Å². The van der Waals surface area contributed by atoms with Gasteiger partial charge in [-0.3, -0.25) is 9.69 Å². The molecule has 0 aliphatic carbocycles. The topological polar surface area (TPSA) is 42.0 Å². The van der Waals surface area contributed by atoms with Crippen LogP contribution in [0.3, 0.4) is 0 Å². The lowest BCUT2D eigenvalue weighted by Gasteiger charge is -2.31. The molecular formula is C26H33F3N2O3. The molecule has 8 heteroatoms. The van der Waals surface area contributed by atoms with Crippen LogP contribution in [-0.4, -0.2) is 62.2 Å². The third-order valence-corrected chi connectivity index (χ3v) is 6.41. The Kier molecular flexibility index (Phi) is 8.60. The quantitative estimate of drug-likeness (QED) is 0.519. The number of ether oxygens (including phenoxy) is 2. The van der Waals surface area contributed by atoms with Gasteiger partial charge in [0.15, 0.2) is 0 Å². The predicted molar refractivity (Wildman–Crippen MR) is 125 cm³/mol. The monoisotopic (exact) mass is 478 g/mol. The Bertz CT molecular complexity index is 964. The fourth-order valence-electron chi connectivity index (χ4n) is 4.84. The van der Waals surface area contributed by atoms with Crippen LogP contribution in [0.4, 0.5) is 13.2 Å². The van der Waals surface area contributed by atoms with Crippen LogP contribution in [0.15, 0.2) is 48.5 Å². The first-order valence-electron chi connectivity index (χ1n) is 11.4. The van der Waals surface area contributed by atoms with Crippen molar-refractivity contribution in [2.24, 2.45) is 5.92 Å². The highest BCUT2D eigenvalue weighted by atomic mass is 19.4. The molecule has 0 radical (unpaired) electrons. The average molecular weight is 479 g/mol. The molecule has 186 valence electrons. The number of methoxy groups -OCH3 is 2. The smallest absolute Gasteiger partial charge is 0.416 e. The van der Waals surface area contributed by atoms with Crippen molar-refractivity contribution in [2.45, 2.75) is 38.5 Å². The van der Waals surface area contributed by atoms with Crippen LogP contribution < -0.4 is 4.74 Å². The van der Waals surface area contributed by atoms with Crippen LogP contribution in [-0.2, 0) is 22.3 Å². The largest absolute Gasteiger partial charge is 0.496 e. The van der Waals surface area contributed by atoms with Gasteiger partial charge in [-0.05, 0) is 43.0 Å². The van der Waals surface area contributed by atoms with E-state index in [-0.39, 0.29) is 42.5 Å². The summed E-state index contributed by atoms with van der Waals surface area (Å²) in [5.74, 6) is 0.676. The number of likely N-dealkylation sites (tertiary alicyclic amines) is 1. The predicted octanol–water partition coefficient (Wildman–Crippen LogP) is 4.81. The van der Waals surface area contributed by atoms with Crippen molar-refractivity contribution in [3.05, 3.63) is 65.2 Å². The van der Waals surface area contributed by atoms with E-state index < -0.39 is 11.7 Å². The first-order valence-corrected chi connectivity index (χ1v) is 11.4. The molecule has 0 aromatic heterocycles. The first kappa shape index (κ1) is 26.0. The summed E-state index contributed by atoms with van der Waals surface area (Å²) in [6, 6.07) is 13.4. The van der Waals surface area contributed by atoms with Gasteiger partial charge in [0.1, 0.15) is 12.4 Å². The molecule has 2 aromatic carbocycles. The van der Waals surface area contributed by atoms with E-state index >= 15 is 0 Å². The van der Waals surface area contributed by atoms with Gasteiger partial charge in [-0.1, -0.05) is 36.4 Å². The van der Waals surface area contributed by atoms with Gasteiger partial charge in [0.25, 0.3) is 0 Å². The summed E-state index contributed by atoms with van der Waals surface area (Å²) in [7, 11) is 3.10. The summed E-state index contributed by atoms with van der Waals surface area (Å²) < 4.78 is 51.4. The van der Waals surface area contributed by atoms with Crippen molar-refractivity contribution >= 4 is 5.91 Å². The zero-order valence-corrected chi connectivity index (χ0v) is 20.1. The van der Waals surface area contributed by atoms with Crippen LogP contribution in [0.1, 0.15) is 36.5 Å². The maximum Gasteiger partial charge on any atom is 0.416 e. The zero-order valence-electron chi connectivity index (χ0n) is 20.1. The standard InChI is InChI=1S/C26H33F3N2O3/c1-18(2)31(25(32)17-33-3)15-20-14-30(13-19-9-5-7-11-23(19)26(27,28)29)16-22(20)21-10-6-8-12-24(21)34-4/h5-12,18,20,22H,13-17H2,1-4H3. The minimum atomic E-state index is -4.40. The number of alkyl halides is 3. The molecule has 2 unspecified atom stereocenters. The molecule has 1 saturated heterocycles. The van der Waals surface area contributed by atoms with Crippen LogP contribution >= 0.6 is 0 Å². The fraction of sp³-hybridized carbons (Fsp3) is 0.500. The second kappa shape index (κ2) is 11.2. The van der Waals surface area contributed by atoms with Gasteiger partial charge in [-0.25, -0.2) is 0 Å². The SMILES string of the molecule is COCC(=O)N(CC1CN(Cc2ccccc2C(F)(F)F)CC1c1ccccc1OC)C(C)C. The van der Waals surface area contributed by atoms with E-state index in [4.69, 9.17) is 9.47 Å².